The van der Waals surface area contributed by atoms with Gasteiger partial charge in [0.1, 0.15) is 0 Å². The van der Waals surface area contributed by atoms with Gasteiger partial charge in [-0.1, -0.05) is 13.8 Å². The summed E-state index contributed by atoms with van der Waals surface area (Å²) in [7, 11) is 0. The van der Waals surface area contributed by atoms with Crippen LogP contribution in [0.15, 0.2) is 11.4 Å². The van der Waals surface area contributed by atoms with E-state index in [0.717, 1.165) is 19.4 Å². The summed E-state index contributed by atoms with van der Waals surface area (Å²) in [5.74, 6) is 0.221. The molecule has 0 saturated carbocycles. The molecular formula is C14H21N3O2S2. The highest BCUT2D eigenvalue weighted by Crippen LogP contribution is 2.23. The van der Waals surface area contributed by atoms with Gasteiger partial charge in [-0.2, -0.15) is 0 Å². The van der Waals surface area contributed by atoms with Gasteiger partial charge >= 0.3 is 0 Å². The summed E-state index contributed by atoms with van der Waals surface area (Å²) in [6, 6.07) is 1.91. The number of hydrazine groups is 1. The number of ether oxygens (including phenoxy) is 1. The SMILES string of the molecule is CC(C)c1cc(C(=O)NN(CC2CCCO2)C(N)=S)cs1. The molecule has 1 aliphatic heterocycles. The number of nitrogens with zero attached hydrogens (tertiary/aromatic N) is 1. The standard InChI is InChI=1S/C14H21N3O2S2/c1-9(2)12-6-10(8-21-12)13(18)16-17(14(15)20)7-11-4-3-5-19-11/h6,8-9,11H,3-5,7H2,1-2H3,(H2,15,20)(H,16,18). The van der Waals surface area contributed by atoms with Crippen molar-refractivity contribution >= 4 is 34.6 Å². The molecule has 1 amide bonds. The fraction of sp³-hybridized carbons (Fsp3) is 0.571. The smallest absolute Gasteiger partial charge is 0.270 e. The number of hydrogen-bond acceptors (Lipinski definition) is 4. The van der Waals surface area contributed by atoms with Gasteiger partial charge in [-0.05, 0) is 37.0 Å². The predicted octanol–water partition coefficient (Wildman–Crippen LogP) is 2.24. The van der Waals surface area contributed by atoms with Crippen LogP contribution in [-0.2, 0) is 4.74 Å². The second kappa shape index (κ2) is 7.20. The van der Waals surface area contributed by atoms with Crippen LogP contribution < -0.4 is 11.2 Å². The molecule has 1 atom stereocenters. The number of nitrogens with one attached hydrogen (secondary N) is 1. The van der Waals surface area contributed by atoms with Crippen molar-refractivity contribution in [3.05, 3.63) is 21.9 Å². The molecule has 0 radical (unpaired) electrons. The van der Waals surface area contributed by atoms with E-state index in [2.05, 4.69) is 19.3 Å². The van der Waals surface area contributed by atoms with Crippen LogP contribution in [0.25, 0.3) is 0 Å². The van der Waals surface area contributed by atoms with Crippen molar-refractivity contribution in [2.45, 2.75) is 38.7 Å². The van der Waals surface area contributed by atoms with Gasteiger partial charge in [0.25, 0.3) is 5.91 Å². The summed E-state index contributed by atoms with van der Waals surface area (Å²) in [5, 5.41) is 3.51. The molecular weight excluding hydrogens is 306 g/mol. The number of thiophene rings is 1. The van der Waals surface area contributed by atoms with Gasteiger partial charge in [-0.15, -0.1) is 11.3 Å². The van der Waals surface area contributed by atoms with E-state index in [1.165, 1.54) is 9.89 Å². The fourth-order valence-corrected chi connectivity index (χ4v) is 3.17. The molecule has 1 unspecified atom stereocenters. The van der Waals surface area contributed by atoms with Crippen molar-refractivity contribution in [2.75, 3.05) is 13.2 Å². The van der Waals surface area contributed by atoms with Crippen LogP contribution in [0.5, 0.6) is 0 Å². The van der Waals surface area contributed by atoms with Gasteiger partial charge in [-0.3, -0.25) is 15.2 Å². The van der Waals surface area contributed by atoms with Crippen molar-refractivity contribution in [1.29, 1.82) is 0 Å². The maximum Gasteiger partial charge on any atom is 0.270 e. The first-order chi connectivity index (χ1) is 9.97. The number of hydrogen-bond donors (Lipinski definition) is 2. The van der Waals surface area contributed by atoms with Gasteiger partial charge < -0.3 is 10.5 Å². The molecule has 2 heterocycles. The lowest BCUT2D eigenvalue weighted by Crippen LogP contribution is -2.51. The Morgan fingerprint density at radius 1 is 1.67 bits per heavy atom. The lowest BCUT2D eigenvalue weighted by molar-refractivity contribution is 0.0683. The maximum atomic E-state index is 12.3. The first kappa shape index (κ1) is 16.2. The Balaban J connectivity index is 1.98. The molecule has 21 heavy (non-hydrogen) atoms. The molecule has 0 aromatic carbocycles. The number of carbonyl (C=O) groups excluding carboxylic acids is 1. The van der Waals surface area contributed by atoms with E-state index >= 15 is 0 Å². The van der Waals surface area contributed by atoms with Crippen LogP contribution >= 0.6 is 23.6 Å². The van der Waals surface area contributed by atoms with Gasteiger partial charge in [0, 0.05) is 16.9 Å². The maximum absolute atomic E-state index is 12.3. The van der Waals surface area contributed by atoms with Crippen LogP contribution in [0.2, 0.25) is 0 Å². The van der Waals surface area contributed by atoms with Gasteiger partial charge in [0.2, 0.25) is 0 Å². The lowest BCUT2D eigenvalue weighted by atomic mass is 10.1. The van der Waals surface area contributed by atoms with Gasteiger partial charge in [0.15, 0.2) is 5.11 Å². The van der Waals surface area contributed by atoms with Crippen LogP contribution in [0.4, 0.5) is 0 Å². The third-order valence-electron chi connectivity index (χ3n) is 3.36. The molecule has 5 nitrogen and oxygen atoms in total. The second-order valence-electron chi connectivity index (χ2n) is 5.42. The number of carbonyl (C=O) groups is 1. The molecule has 3 N–H and O–H groups in total. The molecule has 1 aliphatic rings. The van der Waals surface area contributed by atoms with E-state index in [0.29, 0.717) is 18.0 Å². The van der Waals surface area contributed by atoms with E-state index in [-0.39, 0.29) is 17.1 Å². The zero-order chi connectivity index (χ0) is 15.4. The van der Waals surface area contributed by atoms with E-state index in [1.807, 2.05) is 11.4 Å². The van der Waals surface area contributed by atoms with Crippen LogP contribution in [0, 0.1) is 0 Å². The summed E-state index contributed by atoms with van der Waals surface area (Å²) >= 11 is 6.59. The zero-order valence-electron chi connectivity index (χ0n) is 12.3. The Morgan fingerprint density at radius 3 is 2.95 bits per heavy atom. The number of thiocarbonyl (C=S) groups is 1. The average molecular weight is 327 g/mol. The van der Waals surface area contributed by atoms with Crippen molar-refractivity contribution in [3.63, 3.8) is 0 Å². The number of amides is 1. The fourth-order valence-electron chi connectivity index (χ4n) is 2.14. The Bertz CT molecular complexity index is 510. The zero-order valence-corrected chi connectivity index (χ0v) is 13.9. The second-order valence-corrected chi connectivity index (χ2v) is 6.78. The number of rotatable bonds is 4. The Hall–Kier alpha value is -1.18. The first-order valence-electron chi connectivity index (χ1n) is 7.05. The average Bonchev–Trinajstić information content (AvgIpc) is 3.08. The minimum atomic E-state index is -0.191. The molecule has 1 aromatic heterocycles. The molecule has 116 valence electrons. The minimum absolute atomic E-state index is 0.0699. The van der Waals surface area contributed by atoms with Crippen molar-refractivity contribution in [2.24, 2.45) is 5.73 Å². The van der Waals surface area contributed by atoms with Crippen molar-refractivity contribution in [1.82, 2.24) is 10.4 Å². The van der Waals surface area contributed by atoms with Gasteiger partial charge in [-0.25, -0.2) is 0 Å². The molecule has 0 aliphatic carbocycles. The van der Waals surface area contributed by atoms with E-state index < -0.39 is 0 Å². The predicted molar refractivity (Wildman–Crippen MR) is 88.3 cm³/mol. The van der Waals surface area contributed by atoms with Crippen LogP contribution in [0.1, 0.15) is 47.8 Å². The molecule has 1 fully saturated rings. The van der Waals surface area contributed by atoms with Gasteiger partial charge in [0.05, 0.1) is 18.2 Å². The third kappa shape index (κ3) is 4.39. The minimum Gasteiger partial charge on any atom is -0.376 e. The van der Waals surface area contributed by atoms with Crippen LogP contribution in [0.3, 0.4) is 0 Å². The molecule has 1 saturated heterocycles. The summed E-state index contributed by atoms with van der Waals surface area (Å²) in [4.78, 5) is 13.4. The molecule has 0 spiro atoms. The van der Waals surface area contributed by atoms with Crippen molar-refractivity contribution in [3.8, 4) is 0 Å². The first-order valence-corrected chi connectivity index (χ1v) is 8.34. The molecule has 7 heteroatoms. The monoisotopic (exact) mass is 327 g/mol. The summed E-state index contributed by atoms with van der Waals surface area (Å²) in [6.45, 7) is 5.45. The highest BCUT2D eigenvalue weighted by molar-refractivity contribution is 7.80. The topological polar surface area (TPSA) is 67.6 Å². The lowest BCUT2D eigenvalue weighted by Gasteiger charge is -2.25. The normalized spacial score (nSPS) is 18.0. The summed E-state index contributed by atoms with van der Waals surface area (Å²) in [5.41, 5.74) is 9.09. The van der Waals surface area contributed by atoms with Crippen LogP contribution in [-0.4, -0.2) is 35.3 Å². The molecule has 0 bridgehead atoms. The Kier molecular flexibility index (Phi) is 5.55. The Morgan fingerprint density at radius 2 is 2.43 bits per heavy atom. The highest BCUT2D eigenvalue weighted by Gasteiger charge is 2.22. The van der Waals surface area contributed by atoms with E-state index in [4.69, 9.17) is 22.7 Å². The number of nitrogens with two attached hydrogens (primary N) is 1. The van der Waals surface area contributed by atoms with Crippen molar-refractivity contribution < 1.29 is 9.53 Å². The Labute approximate surface area is 134 Å². The largest absolute Gasteiger partial charge is 0.376 e. The quantitative estimate of drug-likeness (QED) is 0.656. The summed E-state index contributed by atoms with van der Waals surface area (Å²) in [6.07, 6.45) is 2.07. The summed E-state index contributed by atoms with van der Waals surface area (Å²) < 4.78 is 5.55. The molecule has 2 rings (SSSR count). The third-order valence-corrected chi connectivity index (χ3v) is 4.82. The van der Waals surface area contributed by atoms with E-state index in [1.54, 1.807) is 11.3 Å². The highest BCUT2D eigenvalue weighted by atomic mass is 32.1. The van der Waals surface area contributed by atoms with E-state index in [9.17, 15) is 4.79 Å². The molecule has 1 aromatic rings.